The minimum Gasteiger partial charge on any atom is -0.491 e. The number of ether oxygens (including phenoxy) is 4. The Bertz CT molecular complexity index is 1070. The molecule has 5 rings (SSSR count). The predicted octanol–water partition coefficient (Wildman–Crippen LogP) is 5.42. The molecule has 0 aromatic heterocycles. The maximum absolute atomic E-state index is 11.9. The topological polar surface area (TPSA) is 92.8 Å². The Morgan fingerprint density at radius 3 is 1.86 bits per heavy atom. The fourth-order valence-corrected chi connectivity index (χ4v) is 5.19. The normalized spacial score (nSPS) is 20.2. The molecule has 0 unspecified atom stereocenters. The Morgan fingerprint density at radius 1 is 0.818 bits per heavy atom. The number of carbonyl (C=O) groups is 2. The summed E-state index contributed by atoms with van der Waals surface area (Å²) < 4.78 is 22.6. The highest BCUT2D eigenvalue weighted by atomic mass is 16.6. The highest BCUT2D eigenvalue weighted by molar-refractivity contribution is 5.69. The molecule has 4 heterocycles. The van der Waals surface area contributed by atoms with Crippen LogP contribution in [0.15, 0.2) is 42.2 Å². The molecule has 3 saturated heterocycles. The van der Waals surface area contributed by atoms with Gasteiger partial charge in [-0.05, 0) is 79.1 Å². The summed E-state index contributed by atoms with van der Waals surface area (Å²) in [7, 11) is 0. The number of nitrogens with zero attached hydrogens (tertiary/aromatic N) is 3. The minimum atomic E-state index is -0.447. The van der Waals surface area contributed by atoms with Crippen LogP contribution in [0.4, 0.5) is 9.59 Å². The third-order valence-electron chi connectivity index (χ3n) is 7.49. The number of likely N-dealkylation sites (tertiary alicyclic amines) is 2. The Morgan fingerprint density at radius 2 is 1.36 bits per heavy atom. The maximum atomic E-state index is 11.9. The van der Waals surface area contributed by atoms with Crippen LogP contribution in [0.5, 0.6) is 0 Å². The zero-order valence-electron chi connectivity index (χ0n) is 27.0. The molecule has 0 radical (unpaired) electrons. The van der Waals surface area contributed by atoms with Crippen molar-refractivity contribution in [1.82, 2.24) is 20.0 Å². The maximum Gasteiger partial charge on any atom is 0.410 e. The third kappa shape index (κ3) is 11.9. The first kappa shape index (κ1) is 35.7. The van der Waals surface area contributed by atoms with Crippen molar-refractivity contribution in [1.29, 1.82) is 0 Å². The molecule has 10 nitrogen and oxygen atoms in total. The Hall–Kier alpha value is -2.82. The molecule has 4 aliphatic rings. The lowest BCUT2D eigenvalue weighted by atomic mass is 10.1. The standard InChI is InChI=1S/C20H28N2O3.C13H24N2O3.CH4/c1-20(2,3)25-19(23)22-14-18(15-22)24-17-9-11-21(12-10-17)13-16-7-5-4-6-8-16;1-13(2,3)18-12(16)15-8-11(9-15)17-10-4-6-14-7-5-10;/h4-9,18H,10-15H2,1-3H3;10-11,14H,4-9H2,1-3H3;1H4. The summed E-state index contributed by atoms with van der Waals surface area (Å²) in [6, 6.07) is 10.5. The molecule has 0 saturated carbocycles. The van der Waals surface area contributed by atoms with Gasteiger partial charge in [0.25, 0.3) is 0 Å². The monoisotopic (exact) mass is 616 g/mol. The number of amides is 2. The van der Waals surface area contributed by atoms with Crippen LogP contribution in [-0.4, -0.2) is 109 Å². The van der Waals surface area contributed by atoms with E-state index in [0.717, 1.165) is 57.7 Å². The second-order valence-electron chi connectivity index (χ2n) is 13.9. The van der Waals surface area contributed by atoms with Gasteiger partial charge in [-0.1, -0.05) is 37.8 Å². The Kier molecular flexibility index (Phi) is 12.9. The minimum absolute atomic E-state index is 0. The second kappa shape index (κ2) is 16.0. The third-order valence-corrected chi connectivity index (χ3v) is 7.49. The second-order valence-corrected chi connectivity index (χ2v) is 13.9. The first-order chi connectivity index (χ1) is 20.3. The van der Waals surface area contributed by atoms with E-state index in [1.165, 1.54) is 5.56 Å². The van der Waals surface area contributed by atoms with Gasteiger partial charge < -0.3 is 34.1 Å². The van der Waals surface area contributed by atoms with Crippen LogP contribution in [0.2, 0.25) is 0 Å². The van der Waals surface area contributed by atoms with Crippen molar-refractivity contribution in [3.8, 4) is 0 Å². The van der Waals surface area contributed by atoms with Gasteiger partial charge in [-0.3, -0.25) is 4.90 Å². The molecule has 0 aliphatic carbocycles. The quantitative estimate of drug-likeness (QED) is 0.453. The molecule has 10 heteroatoms. The van der Waals surface area contributed by atoms with Gasteiger partial charge in [-0.2, -0.15) is 0 Å². The summed E-state index contributed by atoms with van der Waals surface area (Å²) in [5.41, 5.74) is 0.474. The van der Waals surface area contributed by atoms with Crippen molar-refractivity contribution in [2.75, 3.05) is 52.4 Å². The van der Waals surface area contributed by atoms with Crippen LogP contribution >= 0.6 is 0 Å². The molecule has 44 heavy (non-hydrogen) atoms. The zero-order valence-corrected chi connectivity index (χ0v) is 27.0. The molecule has 4 aliphatic heterocycles. The smallest absolute Gasteiger partial charge is 0.410 e. The molecule has 0 atom stereocenters. The highest BCUT2D eigenvalue weighted by Crippen LogP contribution is 2.23. The van der Waals surface area contributed by atoms with Gasteiger partial charge >= 0.3 is 12.2 Å². The number of piperidine rings is 1. The molecule has 1 N–H and O–H groups in total. The molecule has 248 valence electrons. The molecule has 1 aromatic rings. The van der Waals surface area contributed by atoms with Gasteiger partial charge in [0.2, 0.25) is 0 Å². The Labute approximate surface area is 265 Å². The summed E-state index contributed by atoms with van der Waals surface area (Å²) in [6.07, 6.45) is 5.41. The van der Waals surface area contributed by atoms with Gasteiger partial charge in [-0.15, -0.1) is 0 Å². The van der Waals surface area contributed by atoms with Crippen molar-refractivity contribution in [3.05, 3.63) is 47.7 Å². The van der Waals surface area contributed by atoms with Gasteiger partial charge in [0.15, 0.2) is 0 Å². The zero-order chi connectivity index (χ0) is 31.0. The van der Waals surface area contributed by atoms with E-state index in [-0.39, 0.29) is 31.8 Å². The van der Waals surface area contributed by atoms with Crippen molar-refractivity contribution in [2.24, 2.45) is 0 Å². The number of hydrogen-bond donors (Lipinski definition) is 1. The molecule has 1 aromatic carbocycles. The van der Waals surface area contributed by atoms with E-state index in [0.29, 0.717) is 32.3 Å². The van der Waals surface area contributed by atoms with Crippen LogP contribution in [-0.2, 0) is 25.5 Å². The summed E-state index contributed by atoms with van der Waals surface area (Å²) in [4.78, 5) is 29.5. The largest absolute Gasteiger partial charge is 0.491 e. The summed E-state index contributed by atoms with van der Waals surface area (Å²) >= 11 is 0. The molecule has 3 fully saturated rings. The number of carbonyl (C=O) groups excluding carboxylic acids is 2. The van der Waals surface area contributed by atoms with Crippen LogP contribution in [0.3, 0.4) is 0 Å². The fraction of sp³-hybridized carbons (Fsp3) is 0.706. The van der Waals surface area contributed by atoms with Gasteiger partial charge in [0, 0.05) is 26.1 Å². The molecular weight excluding hydrogens is 560 g/mol. The highest BCUT2D eigenvalue weighted by Gasteiger charge is 2.37. The SMILES string of the molecule is C.CC(C)(C)OC(=O)N1CC(OC2=CCN(Cc3ccccc3)CC2)C1.CC(C)(C)OC(=O)N1CC(OC2CCNCC2)C1. The summed E-state index contributed by atoms with van der Waals surface area (Å²) in [5, 5.41) is 3.31. The molecule has 0 bridgehead atoms. The van der Waals surface area contributed by atoms with Crippen LogP contribution in [0, 0.1) is 0 Å². The lowest BCUT2D eigenvalue weighted by molar-refractivity contribution is -0.0994. The molecule has 2 amide bonds. The number of benzene rings is 1. The van der Waals surface area contributed by atoms with Crippen molar-refractivity contribution >= 4 is 12.2 Å². The number of hydrogen-bond acceptors (Lipinski definition) is 8. The van der Waals surface area contributed by atoms with Crippen LogP contribution < -0.4 is 5.32 Å². The van der Waals surface area contributed by atoms with E-state index < -0.39 is 11.2 Å². The van der Waals surface area contributed by atoms with Crippen molar-refractivity contribution in [3.63, 3.8) is 0 Å². The molecule has 0 spiro atoms. The van der Waals surface area contributed by atoms with Gasteiger partial charge in [0.05, 0.1) is 44.1 Å². The average molecular weight is 617 g/mol. The Balaban J connectivity index is 0.000000247. The lowest BCUT2D eigenvalue weighted by Crippen LogP contribution is -2.57. The van der Waals surface area contributed by atoms with Crippen molar-refractivity contribution < 1.29 is 28.5 Å². The van der Waals surface area contributed by atoms with Gasteiger partial charge in [-0.25, -0.2) is 9.59 Å². The van der Waals surface area contributed by atoms with E-state index in [9.17, 15) is 9.59 Å². The van der Waals surface area contributed by atoms with E-state index >= 15 is 0 Å². The fourth-order valence-electron chi connectivity index (χ4n) is 5.19. The lowest BCUT2D eigenvalue weighted by Gasteiger charge is -2.41. The first-order valence-electron chi connectivity index (χ1n) is 15.8. The van der Waals surface area contributed by atoms with Crippen molar-refractivity contribution in [2.45, 2.75) is 104 Å². The first-order valence-corrected chi connectivity index (χ1v) is 15.8. The van der Waals surface area contributed by atoms with Crippen LogP contribution in [0.25, 0.3) is 0 Å². The summed E-state index contributed by atoms with van der Waals surface area (Å²) in [5.74, 6) is 1.05. The van der Waals surface area contributed by atoms with E-state index in [4.69, 9.17) is 18.9 Å². The number of rotatable bonds is 6. The van der Waals surface area contributed by atoms with Crippen LogP contribution in [0.1, 0.15) is 73.8 Å². The van der Waals surface area contributed by atoms with E-state index in [1.807, 2.05) is 47.6 Å². The average Bonchev–Trinajstić information content (AvgIpc) is 2.88. The molecular formula is C34H56N4O6. The van der Waals surface area contributed by atoms with E-state index in [1.54, 1.807) is 9.80 Å². The van der Waals surface area contributed by atoms with E-state index in [2.05, 4.69) is 40.6 Å². The summed E-state index contributed by atoms with van der Waals surface area (Å²) in [6.45, 7) is 18.8. The van der Waals surface area contributed by atoms with Gasteiger partial charge in [0.1, 0.15) is 17.3 Å². The predicted molar refractivity (Wildman–Crippen MR) is 172 cm³/mol. The number of nitrogens with one attached hydrogen (secondary N) is 1.